The van der Waals surface area contributed by atoms with Gasteiger partial charge in [-0.3, -0.25) is 0 Å². The molecule has 0 bridgehead atoms. The van der Waals surface area contributed by atoms with Gasteiger partial charge >= 0.3 is 12.2 Å². The van der Waals surface area contributed by atoms with Gasteiger partial charge in [0.25, 0.3) is 0 Å². The Morgan fingerprint density at radius 1 is 1.00 bits per heavy atom. The number of alkyl halides is 3. The largest absolute Gasteiger partial charge is 0.497 e. The van der Waals surface area contributed by atoms with Gasteiger partial charge in [0.15, 0.2) is 5.82 Å². The van der Waals surface area contributed by atoms with Gasteiger partial charge in [-0.15, -0.1) is 0 Å². The monoisotopic (exact) mass is 495 g/mol. The van der Waals surface area contributed by atoms with Crippen molar-refractivity contribution in [2.75, 3.05) is 24.7 Å². The molecule has 7 nitrogen and oxygen atoms in total. The number of nitrogen functional groups attached to an aromatic ring is 1. The van der Waals surface area contributed by atoms with E-state index in [-0.39, 0.29) is 11.5 Å². The van der Waals surface area contributed by atoms with E-state index in [2.05, 4.69) is 15.7 Å². The Kier molecular flexibility index (Phi) is 7.14. The average molecular weight is 496 g/mol. The number of hydrogen-bond donors (Lipinski definition) is 3. The van der Waals surface area contributed by atoms with E-state index >= 15 is 0 Å². The minimum Gasteiger partial charge on any atom is -0.497 e. The van der Waals surface area contributed by atoms with E-state index in [1.165, 1.54) is 16.8 Å². The van der Waals surface area contributed by atoms with Crippen LogP contribution in [-0.4, -0.2) is 29.5 Å². The van der Waals surface area contributed by atoms with Crippen LogP contribution in [0.4, 0.5) is 29.5 Å². The quantitative estimate of drug-likeness (QED) is 0.315. The first kappa shape index (κ1) is 24.6. The summed E-state index contributed by atoms with van der Waals surface area (Å²) in [4.78, 5) is 12.7. The summed E-state index contributed by atoms with van der Waals surface area (Å²) in [7, 11) is 1.59. The fraction of sp³-hybridized carbons (Fsp3) is 0.154. The lowest BCUT2D eigenvalue weighted by Crippen LogP contribution is -2.30. The number of carbonyl (C=O) groups is 1. The fourth-order valence-corrected chi connectivity index (χ4v) is 3.61. The molecule has 0 atom stereocenters. The molecule has 0 spiro atoms. The van der Waals surface area contributed by atoms with Crippen LogP contribution >= 0.6 is 0 Å². The molecule has 36 heavy (non-hydrogen) atoms. The Hall–Kier alpha value is -4.47. The van der Waals surface area contributed by atoms with Crippen LogP contribution in [0.15, 0.2) is 78.9 Å². The first-order chi connectivity index (χ1) is 17.3. The minimum atomic E-state index is -4.46. The second-order valence-electron chi connectivity index (χ2n) is 7.91. The number of nitrogens with zero attached hydrogens (tertiary/aromatic N) is 2. The zero-order chi connectivity index (χ0) is 25.7. The molecule has 1 aromatic heterocycles. The molecular formula is C26H24F3N5O2. The number of nitrogens with two attached hydrogens (primary N) is 1. The van der Waals surface area contributed by atoms with Gasteiger partial charge in [0.1, 0.15) is 17.1 Å². The number of amides is 2. The van der Waals surface area contributed by atoms with Gasteiger partial charge in [-0.2, -0.15) is 18.3 Å². The Morgan fingerprint density at radius 2 is 1.67 bits per heavy atom. The van der Waals surface area contributed by atoms with Crippen molar-refractivity contribution in [3.8, 4) is 22.7 Å². The van der Waals surface area contributed by atoms with Crippen LogP contribution in [0.3, 0.4) is 0 Å². The molecule has 0 saturated carbocycles. The smallest absolute Gasteiger partial charge is 0.416 e. The predicted molar refractivity (Wildman–Crippen MR) is 132 cm³/mol. The third-order valence-electron chi connectivity index (χ3n) is 5.50. The second-order valence-corrected chi connectivity index (χ2v) is 7.91. The maximum absolute atomic E-state index is 13.0. The van der Waals surface area contributed by atoms with Crippen LogP contribution in [0, 0.1) is 0 Å². The molecule has 10 heteroatoms. The van der Waals surface area contributed by atoms with E-state index < -0.39 is 17.8 Å². The van der Waals surface area contributed by atoms with E-state index in [9.17, 15) is 18.0 Å². The number of urea groups is 1. The normalized spacial score (nSPS) is 11.2. The lowest BCUT2D eigenvalue weighted by atomic mass is 10.1. The number of halogens is 3. The van der Waals surface area contributed by atoms with Gasteiger partial charge < -0.3 is 21.1 Å². The summed E-state index contributed by atoms with van der Waals surface area (Å²) in [5.74, 6) is 0.831. The summed E-state index contributed by atoms with van der Waals surface area (Å²) < 4.78 is 45.4. The summed E-state index contributed by atoms with van der Waals surface area (Å²) in [6.45, 7) is 0.367. The van der Waals surface area contributed by atoms with Crippen molar-refractivity contribution in [2.24, 2.45) is 0 Å². The van der Waals surface area contributed by atoms with Gasteiger partial charge in [-0.25, -0.2) is 9.48 Å². The summed E-state index contributed by atoms with van der Waals surface area (Å²) >= 11 is 0. The first-order valence-electron chi connectivity index (χ1n) is 11.1. The van der Waals surface area contributed by atoms with Crippen molar-refractivity contribution in [3.05, 3.63) is 90.0 Å². The lowest BCUT2D eigenvalue weighted by Gasteiger charge is -2.10. The Labute approximate surface area is 205 Å². The summed E-state index contributed by atoms with van der Waals surface area (Å²) in [6, 6.07) is 20.5. The number of rotatable bonds is 7. The van der Waals surface area contributed by atoms with Gasteiger partial charge in [0.2, 0.25) is 0 Å². The molecule has 4 N–H and O–H groups in total. The fourth-order valence-electron chi connectivity index (χ4n) is 3.61. The highest BCUT2D eigenvalue weighted by atomic mass is 19.4. The number of anilines is 2. The number of nitrogens with one attached hydrogen (secondary N) is 2. The number of benzene rings is 3. The number of hydrogen-bond acceptors (Lipinski definition) is 4. The number of methoxy groups -OCH3 is 1. The van der Waals surface area contributed by atoms with E-state index in [4.69, 9.17) is 10.5 Å². The van der Waals surface area contributed by atoms with Crippen molar-refractivity contribution in [3.63, 3.8) is 0 Å². The van der Waals surface area contributed by atoms with Crippen LogP contribution in [0.25, 0.3) is 16.9 Å². The molecule has 0 fully saturated rings. The number of aromatic nitrogens is 2. The van der Waals surface area contributed by atoms with Crippen molar-refractivity contribution < 1.29 is 22.7 Å². The van der Waals surface area contributed by atoms with E-state index in [1.807, 2.05) is 30.3 Å². The SMILES string of the molecule is COc1ccc(CCNC(=O)Nc2c(-c3ccccc3)nn(-c3ccc(C(F)(F)F)cc3)c2N)cc1. The zero-order valence-electron chi connectivity index (χ0n) is 19.3. The topological polar surface area (TPSA) is 94.2 Å². The molecule has 0 radical (unpaired) electrons. The molecule has 2 amide bonds. The molecule has 0 aliphatic carbocycles. The van der Waals surface area contributed by atoms with E-state index in [0.717, 1.165) is 23.4 Å². The molecule has 4 rings (SSSR count). The van der Waals surface area contributed by atoms with Crippen molar-refractivity contribution in [1.29, 1.82) is 0 Å². The molecule has 0 unspecified atom stereocenters. The molecule has 0 aliphatic rings. The third kappa shape index (κ3) is 5.60. The molecule has 3 aromatic carbocycles. The van der Waals surface area contributed by atoms with Crippen molar-refractivity contribution in [2.45, 2.75) is 12.6 Å². The molecule has 0 aliphatic heterocycles. The highest BCUT2D eigenvalue weighted by Gasteiger charge is 2.30. The highest BCUT2D eigenvalue weighted by molar-refractivity contribution is 5.97. The van der Waals surface area contributed by atoms with E-state index in [1.54, 1.807) is 31.4 Å². The van der Waals surface area contributed by atoms with Crippen LogP contribution < -0.4 is 21.1 Å². The summed E-state index contributed by atoms with van der Waals surface area (Å²) in [5, 5.41) is 10.0. The summed E-state index contributed by atoms with van der Waals surface area (Å²) in [6.07, 6.45) is -3.86. The van der Waals surface area contributed by atoms with Crippen LogP contribution in [0.5, 0.6) is 5.75 Å². The number of ether oxygens (including phenoxy) is 1. The van der Waals surface area contributed by atoms with Gasteiger partial charge in [0, 0.05) is 12.1 Å². The van der Waals surface area contributed by atoms with Crippen molar-refractivity contribution >= 4 is 17.5 Å². The van der Waals surface area contributed by atoms with Crippen LogP contribution in [0.1, 0.15) is 11.1 Å². The molecular weight excluding hydrogens is 471 g/mol. The van der Waals surface area contributed by atoms with Crippen molar-refractivity contribution in [1.82, 2.24) is 15.1 Å². The minimum absolute atomic E-state index is 0.0823. The van der Waals surface area contributed by atoms with Crippen LogP contribution in [0.2, 0.25) is 0 Å². The molecule has 0 saturated heterocycles. The average Bonchev–Trinajstić information content (AvgIpc) is 3.20. The van der Waals surface area contributed by atoms with Gasteiger partial charge in [-0.05, 0) is 48.4 Å². The Morgan fingerprint density at radius 3 is 2.28 bits per heavy atom. The zero-order valence-corrected chi connectivity index (χ0v) is 19.3. The van der Waals surface area contributed by atoms with E-state index in [0.29, 0.717) is 29.9 Å². The highest BCUT2D eigenvalue weighted by Crippen LogP contribution is 2.35. The Bertz CT molecular complexity index is 1320. The molecule has 4 aromatic rings. The lowest BCUT2D eigenvalue weighted by molar-refractivity contribution is -0.137. The molecule has 186 valence electrons. The summed E-state index contributed by atoms with van der Waals surface area (Å²) in [5.41, 5.74) is 8.21. The molecule has 1 heterocycles. The van der Waals surface area contributed by atoms with Crippen LogP contribution in [-0.2, 0) is 12.6 Å². The Balaban J connectivity index is 1.54. The van der Waals surface area contributed by atoms with Gasteiger partial charge in [0.05, 0.1) is 18.4 Å². The van der Waals surface area contributed by atoms with Gasteiger partial charge in [-0.1, -0.05) is 42.5 Å². The second kappa shape index (κ2) is 10.4. The third-order valence-corrected chi connectivity index (χ3v) is 5.50. The predicted octanol–water partition coefficient (Wildman–Crippen LogP) is 5.51. The maximum Gasteiger partial charge on any atom is 0.416 e. The number of carbonyl (C=O) groups excluding carboxylic acids is 1. The maximum atomic E-state index is 13.0. The standard InChI is InChI=1S/C26H24F3N5O2/c1-36-21-13-7-17(8-14-21)15-16-31-25(35)32-23-22(18-5-3-2-4-6-18)33-34(24(23)30)20-11-9-19(10-12-20)26(27,28)29/h2-14H,15-16,30H2,1H3,(H2,31,32,35). The first-order valence-corrected chi connectivity index (χ1v) is 11.1.